The monoisotopic (exact) mass is 211 g/mol. The lowest BCUT2D eigenvalue weighted by Crippen LogP contribution is -2.53. The van der Waals surface area contributed by atoms with E-state index in [1.165, 1.54) is 12.8 Å². The number of hydrogen-bond donors (Lipinski definition) is 1. The van der Waals surface area contributed by atoms with Gasteiger partial charge < -0.3 is 10.2 Å². The molecule has 0 radical (unpaired) electrons. The number of carbonyl (C=O) groups excluding carboxylic acids is 1. The topological polar surface area (TPSA) is 35.6 Å². The van der Waals surface area contributed by atoms with Gasteiger partial charge >= 0.3 is 0 Å². The van der Waals surface area contributed by atoms with Crippen LogP contribution in [0.25, 0.3) is 0 Å². The molecule has 2 heterocycles. The van der Waals surface area contributed by atoms with Crippen molar-refractivity contribution in [3.63, 3.8) is 0 Å². The van der Waals surface area contributed by atoms with Crippen molar-refractivity contribution in [2.75, 3.05) is 39.3 Å². The number of nitrogens with zero attached hydrogens (tertiary/aromatic N) is 2. The third-order valence-electron chi connectivity index (χ3n) is 3.45. The fraction of sp³-hybridized carbons (Fsp3) is 0.909. The zero-order valence-corrected chi connectivity index (χ0v) is 9.54. The second-order valence-electron chi connectivity index (χ2n) is 4.50. The van der Waals surface area contributed by atoms with Crippen molar-refractivity contribution in [1.82, 2.24) is 15.1 Å². The molecule has 2 fully saturated rings. The van der Waals surface area contributed by atoms with Crippen LogP contribution in [0.15, 0.2) is 0 Å². The van der Waals surface area contributed by atoms with E-state index in [-0.39, 0.29) is 0 Å². The SMILES string of the molecule is CCN1CCN(CC2CCCN2)C(=O)C1. The number of carbonyl (C=O) groups is 1. The van der Waals surface area contributed by atoms with Gasteiger partial charge in [-0.3, -0.25) is 9.69 Å². The van der Waals surface area contributed by atoms with E-state index in [0.29, 0.717) is 18.5 Å². The molecular formula is C11H21N3O. The van der Waals surface area contributed by atoms with Gasteiger partial charge in [-0.05, 0) is 25.9 Å². The van der Waals surface area contributed by atoms with Gasteiger partial charge in [0.1, 0.15) is 0 Å². The quantitative estimate of drug-likeness (QED) is 0.708. The van der Waals surface area contributed by atoms with Crippen molar-refractivity contribution in [3.05, 3.63) is 0 Å². The standard InChI is InChI=1S/C11H21N3O/c1-2-13-6-7-14(11(15)9-13)8-10-4-3-5-12-10/h10,12H,2-9H2,1H3. The number of likely N-dealkylation sites (N-methyl/N-ethyl adjacent to an activating group) is 1. The Morgan fingerprint density at radius 3 is 2.93 bits per heavy atom. The fourth-order valence-electron chi connectivity index (χ4n) is 2.40. The van der Waals surface area contributed by atoms with E-state index in [0.717, 1.165) is 32.7 Å². The number of nitrogens with one attached hydrogen (secondary N) is 1. The van der Waals surface area contributed by atoms with Gasteiger partial charge in [-0.2, -0.15) is 0 Å². The van der Waals surface area contributed by atoms with E-state index < -0.39 is 0 Å². The summed E-state index contributed by atoms with van der Waals surface area (Å²) in [6, 6.07) is 0.544. The van der Waals surface area contributed by atoms with Crippen LogP contribution < -0.4 is 5.32 Å². The molecule has 0 aromatic heterocycles. The molecule has 4 heteroatoms. The molecule has 86 valence electrons. The first-order valence-electron chi connectivity index (χ1n) is 6.03. The summed E-state index contributed by atoms with van der Waals surface area (Å²) < 4.78 is 0. The minimum atomic E-state index is 0.303. The molecule has 2 saturated heterocycles. The lowest BCUT2D eigenvalue weighted by molar-refractivity contribution is -0.136. The van der Waals surface area contributed by atoms with Gasteiger partial charge in [0.2, 0.25) is 5.91 Å². The Kier molecular flexibility index (Phi) is 3.59. The highest BCUT2D eigenvalue weighted by Crippen LogP contribution is 2.09. The molecule has 4 nitrogen and oxygen atoms in total. The lowest BCUT2D eigenvalue weighted by atomic mass is 10.2. The molecule has 2 aliphatic rings. The molecule has 1 unspecified atom stereocenters. The van der Waals surface area contributed by atoms with Gasteiger partial charge in [-0.1, -0.05) is 6.92 Å². The second-order valence-corrected chi connectivity index (χ2v) is 4.50. The fourth-order valence-corrected chi connectivity index (χ4v) is 2.40. The molecule has 0 bridgehead atoms. The van der Waals surface area contributed by atoms with E-state index in [4.69, 9.17) is 0 Å². The molecule has 1 amide bonds. The highest BCUT2D eigenvalue weighted by molar-refractivity contribution is 5.79. The number of piperazine rings is 1. The zero-order valence-electron chi connectivity index (χ0n) is 9.54. The molecule has 0 spiro atoms. The Morgan fingerprint density at radius 1 is 1.47 bits per heavy atom. The Labute approximate surface area is 91.6 Å². The Hall–Kier alpha value is -0.610. The highest BCUT2D eigenvalue weighted by atomic mass is 16.2. The van der Waals surface area contributed by atoms with Gasteiger partial charge in [-0.15, -0.1) is 0 Å². The van der Waals surface area contributed by atoms with Crippen molar-refractivity contribution < 1.29 is 4.79 Å². The minimum Gasteiger partial charge on any atom is -0.339 e. The summed E-state index contributed by atoms with van der Waals surface area (Å²) in [7, 11) is 0. The average molecular weight is 211 g/mol. The molecule has 2 aliphatic heterocycles. The van der Waals surface area contributed by atoms with Crippen LogP contribution in [0.1, 0.15) is 19.8 Å². The number of hydrogen-bond acceptors (Lipinski definition) is 3. The first-order chi connectivity index (χ1) is 7.29. The van der Waals surface area contributed by atoms with Gasteiger partial charge in [0.25, 0.3) is 0 Å². The molecule has 2 rings (SSSR count). The molecule has 0 saturated carbocycles. The van der Waals surface area contributed by atoms with E-state index in [9.17, 15) is 4.79 Å². The van der Waals surface area contributed by atoms with Gasteiger partial charge in [0.15, 0.2) is 0 Å². The molecular weight excluding hydrogens is 190 g/mol. The normalized spacial score (nSPS) is 28.7. The van der Waals surface area contributed by atoms with Crippen LogP contribution >= 0.6 is 0 Å². The molecule has 1 atom stereocenters. The average Bonchev–Trinajstić information content (AvgIpc) is 2.74. The van der Waals surface area contributed by atoms with Crippen molar-refractivity contribution in [2.24, 2.45) is 0 Å². The predicted octanol–water partition coefficient (Wildman–Crippen LogP) is -0.0975. The Balaban J connectivity index is 1.80. The third kappa shape index (κ3) is 2.69. The lowest BCUT2D eigenvalue weighted by Gasteiger charge is -2.35. The molecule has 1 N–H and O–H groups in total. The van der Waals surface area contributed by atoms with Crippen LogP contribution in [0.2, 0.25) is 0 Å². The summed E-state index contributed by atoms with van der Waals surface area (Å²) in [4.78, 5) is 16.0. The molecule has 0 aliphatic carbocycles. The first-order valence-corrected chi connectivity index (χ1v) is 6.03. The molecule has 15 heavy (non-hydrogen) atoms. The van der Waals surface area contributed by atoms with Crippen LogP contribution in [0, 0.1) is 0 Å². The summed E-state index contributed by atoms with van der Waals surface area (Å²) >= 11 is 0. The van der Waals surface area contributed by atoms with E-state index in [1.54, 1.807) is 0 Å². The maximum absolute atomic E-state index is 11.8. The van der Waals surface area contributed by atoms with Crippen LogP contribution in [-0.4, -0.2) is 61.0 Å². The smallest absolute Gasteiger partial charge is 0.236 e. The molecule has 0 aromatic rings. The van der Waals surface area contributed by atoms with Crippen LogP contribution in [-0.2, 0) is 4.79 Å². The Bertz CT molecular complexity index is 226. The maximum Gasteiger partial charge on any atom is 0.236 e. The van der Waals surface area contributed by atoms with Crippen LogP contribution in [0.4, 0.5) is 0 Å². The summed E-state index contributed by atoms with van der Waals surface area (Å²) in [6.07, 6.45) is 2.48. The summed E-state index contributed by atoms with van der Waals surface area (Å²) in [6.45, 7) is 7.69. The van der Waals surface area contributed by atoms with E-state index >= 15 is 0 Å². The summed E-state index contributed by atoms with van der Waals surface area (Å²) in [5, 5.41) is 3.44. The number of rotatable bonds is 3. The second kappa shape index (κ2) is 4.94. The number of amides is 1. The van der Waals surface area contributed by atoms with Crippen molar-refractivity contribution in [3.8, 4) is 0 Å². The summed E-state index contributed by atoms with van der Waals surface area (Å²) in [5.74, 6) is 0.303. The third-order valence-corrected chi connectivity index (χ3v) is 3.45. The van der Waals surface area contributed by atoms with Crippen molar-refractivity contribution in [1.29, 1.82) is 0 Å². The van der Waals surface area contributed by atoms with E-state index in [1.807, 2.05) is 4.90 Å². The largest absolute Gasteiger partial charge is 0.339 e. The Morgan fingerprint density at radius 2 is 2.33 bits per heavy atom. The summed E-state index contributed by atoms with van der Waals surface area (Å²) in [5.41, 5.74) is 0. The van der Waals surface area contributed by atoms with Gasteiger partial charge in [0, 0.05) is 25.7 Å². The molecule has 0 aromatic carbocycles. The van der Waals surface area contributed by atoms with E-state index in [2.05, 4.69) is 17.1 Å². The van der Waals surface area contributed by atoms with Crippen LogP contribution in [0.5, 0.6) is 0 Å². The maximum atomic E-state index is 11.8. The first kappa shape index (κ1) is 10.9. The van der Waals surface area contributed by atoms with Crippen molar-refractivity contribution >= 4 is 5.91 Å². The predicted molar refractivity (Wildman–Crippen MR) is 59.7 cm³/mol. The van der Waals surface area contributed by atoms with Gasteiger partial charge in [-0.25, -0.2) is 0 Å². The van der Waals surface area contributed by atoms with Crippen molar-refractivity contribution in [2.45, 2.75) is 25.8 Å². The van der Waals surface area contributed by atoms with Gasteiger partial charge in [0.05, 0.1) is 6.54 Å². The minimum absolute atomic E-state index is 0.303. The van der Waals surface area contributed by atoms with Crippen LogP contribution in [0.3, 0.4) is 0 Å². The highest BCUT2D eigenvalue weighted by Gasteiger charge is 2.26. The zero-order chi connectivity index (χ0) is 10.7.